The highest BCUT2D eigenvalue weighted by molar-refractivity contribution is 5.92. The van der Waals surface area contributed by atoms with Crippen LogP contribution in [0, 0.1) is 6.92 Å². The van der Waals surface area contributed by atoms with Gasteiger partial charge in [0.05, 0.1) is 12.2 Å². The van der Waals surface area contributed by atoms with Crippen LogP contribution in [0.25, 0.3) is 0 Å². The Bertz CT molecular complexity index is 594. The van der Waals surface area contributed by atoms with Gasteiger partial charge in [-0.05, 0) is 32.2 Å². The standard InChI is InChI=1S/C14H18N4O2/c1-10-6-13(17-20-10)8-18(2)9-14(19)16-12-5-3-4-11(15)7-12/h3-7H,8-9,15H2,1-2H3,(H,16,19). The van der Waals surface area contributed by atoms with E-state index in [4.69, 9.17) is 10.3 Å². The van der Waals surface area contributed by atoms with Crippen molar-refractivity contribution in [3.05, 3.63) is 41.8 Å². The van der Waals surface area contributed by atoms with Gasteiger partial charge in [0.15, 0.2) is 0 Å². The zero-order valence-electron chi connectivity index (χ0n) is 11.6. The van der Waals surface area contributed by atoms with Gasteiger partial charge in [0.1, 0.15) is 5.76 Å². The van der Waals surface area contributed by atoms with Gasteiger partial charge in [0, 0.05) is 24.0 Å². The molecule has 0 atom stereocenters. The lowest BCUT2D eigenvalue weighted by atomic mass is 10.3. The fraction of sp³-hybridized carbons (Fsp3) is 0.286. The molecule has 20 heavy (non-hydrogen) atoms. The normalized spacial score (nSPS) is 10.8. The molecule has 0 aliphatic carbocycles. The molecule has 3 N–H and O–H groups in total. The molecular weight excluding hydrogens is 256 g/mol. The topological polar surface area (TPSA) is 84.4 Å². The van der Waals surface area contributed by atoms with Gasteiger partial charge in [-0.15, -0.1) is 0 Å². The third kappa shape index (κ3) is 4.10. The largest absolute Gasteiger partial charge is 0.399 e. The molecule has 1 aromatic heterocycles. The van der Waals surface area contributed by atoms with Crippen LogP contribution < -0.4 is 11.1 Å². The first-order valence-electron chi connectivity index (χ1n) is 6.29. The van der Waals surface area contributed by atoms with Crippen LogP contribution in [0.5, 0.6) is 0 Å². The van der Waals surface area contributed by atoms with Gasteiger partial charge in [0.25, 0.3) is 0 Å². The van der Waals surface area contributed by atoms with Crippen LogP contribution in [0.4, 0.5) is 11.4 Å². The van der Waals surface area contributed by atoms with Crippen LogP contribution >= 0.6 is 0 Å². The number of carbonyl (C=O) groups is 1. The Morgan fingerprint density at radius 2 is 2.25 bits per heavy atom. The Labute approximate surface area is 117 Å². The van der Waals surface area contributed by atoms with E-state index in [1.54, 1.807) is 24.3 Å². The van der Waals surface area contributed by atoms with Crippen molar-refractivity contribution in [2.75, 3.05) is 24.6 Å². The highest BCUT2D eigenvalue weighted by atomic mass is 16.5. The molecule has 6 heteroatoms. The first kappa shape index (κ1) is 14.1. The Balaban J connectivity index is 1.84. The van der Waals surface area contributed by atoms with Crippen LogP contribution in [-0.4, -0.2) is 29.6 Å². The number of amides is 1. The van der Waals surface area contributed by atoms with E-state index in [0.29, 0.717) is 17.9 Å². The summed E-state index contributed by atoms with van der Waals surface area (Å²) in [6.07, 6.45) is 0. The summed E-state index contributed by atoms with van der Waals surface area (Å²) in [4.78, 5) is 13.8. The number of nitrogens with two attached hydrogens (primary N) is 1. The van der Waals surface area contributed by atoms with Crippen molar-refractivity contribution < 1.29 is 9.32 Å². The lowest BCUT2D eigenvalue weighted by Gasteiger charge is -2.14. The van der Waals surface area contributed by atoms with Gasteiger partial charge in [0.2, 0.25) is 5.91 Å². The fourth-order valence-corrected chi connectivity index (χ4v) is 1.89. The highest BCUT2D eigenvalue weighted by Gasteiger charge is 2.09. The summed E-state index contributed by atoms with van der Waals surface area (Å²) in [5.41, 5.74) is 7.78. The van der Waals surface area contributed by atoms with Gasteiger partial charge in [-0.3, -0.25) is 9.69 Å². The van der Waals surface area contributed by atoms with Gasteiger partial charge in [-0.1, -0.05) is 11.2 Å². The van der Waals surface area contributed by atoms with E-state index in [0.717, 1.165) is 11.5 Å². The third-order valence-corrected chi connectivity index (χ3v) is 2.69. The molecule has 0 aliphatic rings. The number of hydrogen-bond donors (Lipinski definition) is 2. The van der Waals surface area contributed by atoms with Gasteiger partial charge in [-0.2, -0.15) is 0 Å². The van der Waals surface area contributed by atoms with Crippen LogP contribution in [0.1, 0.15) is 11.5 Å². The van der Waals surface area contributed by atoms with Gasteiger partial charge >= 0.3 is 0 Å². The number of aromatic nitrogens is 1. The van der Waals surface area contributed by atoms with Crippen LogP contribution in [0.3, 0.4) is 0 Å². The molecule has 0 radical (unpaired) electrons. The number of rotatable bonds is 5. The van der Waals surface area contributed by atoms with Crippen molar-refractivity contribution in [2.45, 2.75) is 13.5 Å². The zero-order chi connectivity index (χ0) is 14.5. The highest BCUT2D eigenvalue weighted by Crippen LogP contribution is 2.11. The predicted molar refractivity (Wildman–Crippen MR) is 77.1 cm³/mol. The number of anilines is 2. The lowest BCUT2D eigenvalue weighted by Crippen LogP contribution is -2.29. The second kappa shape index (κ2) is 6.21. The summed E-state index contributed by atoms with van der Waals surface area (Å²) < 4.78 is 4.99. The second-order valence-corrected chi connectivity index (χ2v) is 4.77. The second-order valence-electron chi connectivity index (χ2n) is 4.77. The summed E-state index contributed by atoms with van der Waals surface area (Å²) in [5, 5.41) is 6.69. The van der Waals surface area contributed by atoms with Crippen LogP contribution in [0.2, 0.25) is 0 Å². The quantitative estimate of drug-likeness (QED) is 0.810. The van der Waals surface area contributed by atoms with Crippen LogP contribution in [0.15, 0.2) is 34.9 Å². The molecule has 0 saturated heterocycles. The van der Waals surface area contributed by atoms with E-state index in [1.165, 1.54) is 0 Å². The number of nitrogens with one attached hydrogen (secondary N) is 1. The molecule has 0 saturated carbocycles. The number of carbonyl (C=O) groups excluding carboxylic acids is 1. The number of nitrogens with zero attached hydrogens (tertiary/aromatic N) is 2. The van der Waals surface area contributed by atoms with Crippen molar-refractivity contribution >= 4 is 17.3 Å². The average molecular weight is 274 g/mol. The molecule has 2 rings (SSSR count). The Morgan fingerprint density at radius 3 is 2.90 bits per heavy atom. The number of benzene rings is 1. The number of hydrogen-bond acceptors (Lipinski definition) is 5. The molecule has 0 unspecified atom stereocenters. The maximum Gasteiger partial charge on any atom is 0.238 e. The monoisotopic (exact) mass is 274 g/mol. The van der Waals surface area contributed by atoms with E-state index >= 15 is 0 Å². The van der Waals surface area contributed by atoms with E-state index in [2.05, 4.69) is 10.5 Å². The Hall–Kier alpha value is -2.34. The molecule has 0 bridgehead atoms. The fourth-order valence-electron chi connectivity index (χ4n) is 1.89. The SMILES string of the molecule is Cc1cc(CN(C)CC(=O)Nc2cccc(N)c2)no1. The molecule has 1 heterocycles. The molecule has 1 amide bonds. The lowest BCUT2D eigenvalue weighted by molar-refractivity contribution is -0.117. The molecule has 6 nitrogen and oxygen atoms in total. The molecule has 1 aromatic carbocycles. The summed E-state index contributed by atoms with van der Waals surface area (Å²) in [6, 6.07) is 8.95. The van der Waals surface area contributed by atoms with Crippen molar-refractivity contribution in [1.29, 1.82) is 0 Å². The van der Waals surface area contributed by atoms with E-state index in [1.807, 2.05) is 24.9 Å². The van der Waals surface area contributed by atoms with Crippen molar-refractivity contribution in [1.82, 2.24) is 10.1 Å². The Morgan fingerprint density at radius 1 is 1.45 bits per heavy atom. The van der Waals surface area contributed by atoms with Gasteiger partial charge in [-0.25, -0.2) is 0 Å². The molecule has 106 valence electrons. The number of aryl methyl sites for hydroxylation is 1. The number of nitrogen functional groups attached to an aromatic ring is 1. The molecular formula is C14H18N4O2. The maximum atomic E-state index is 11.9. The van der Waals surface area contributed by atoms with Crippen molar-refractivity contribution in [3.8, 4) is 0 Å². The predicted octanol–water partition coefficient (Wildman–Crippen LogP) is 1.64. The third-order valence-electron chi connectivity index (χ3n) is 2.69. The van der Waals surface area contributed by atoms with E-state index < -0.39 is 0 Å². The molecule has 0 spiro atoms. The van der Waals surface area contributed by atoms with Gasteiger partial charge < -0.3 is 15.6 Å². The van der Waals surface area contributed by atoms with Crippen LogP contribution in [-0.2, 0) is 11.3 Å². The summed E-state index contributed by atoms with van der Waals surface area (Å²) in [7, 11) is 1.85. The minimum Gasteiger partial charge on any atom is -0.399 e. The Kier molecular flexibility index (Phi) is 4.37. The summed E-state index contributed by atoms with van der Waals surface area (Å²) in [5.74, 6) is 0.663. The maximum absolute atomic E-state index is 11.9. The summed E-state index contributed by atoms with van der Waals surface area (Å²) >= 11 is 0. The molecule has 2 aromatic rings. The first-order chi connectivity index (χ1) is 9.52. The minimum atomic E-state index is -0.0988. The van der Waals surface area contributed by atoms with Crippen molar-refractivity contribution in [2.24, 2.45) is 0 Å². The molecule has 0 aliphatic heterocycles. The first-order valence-corrected chi connectivity index (χ1v) is 6.29. The number of likely N-dealkylation sites (N-methyl/N-ethyl adjacent to an activating group) is 1. The van der Waals surface area contributed by atoms with E-state index in [9.17, 15) is 4.79 Å². The average Bonchev–Trinajstić information content (AvgIpc) is 2.74. The zero-order valence-corrected chi connectivity index (χ0v) is 11.6. The van der Waals surface area contributed by atoms with E-state index in [-0.39, 0.29) is 12.5 Å². The smallest absolute Gasteiger partial charge is 0.238 e. The molecule has 0 fully saturated rings. The summed E-state index contributed by atoms with van der Waals surface area (Å²) in [6.45, 7) is 2.66. The minimum absolute atomic E-state index is 0.0988. The van der Waals surface area contributed by atoms with Crippen molar-refractivity contribution in [3.63, 3.8) is 0 Å².